The summed E-state index contributed by atoms with van der Waals surface area (Å²) in [5, 5.41) is 0. The van der Waals surface area contributed by atoms with E-state index in [9.17, 15) is 9.18 Å². The molecule has 0 unspecified atom stereocenters. The fraction of sp³-hybridized carbons (Fsp3) is 0.125. The number of aromatic nitrogens is 2. The Hall–Kier alpha value is -1.76. The maximum Gasteiger partial charge on any atom is 0.143 e. The largest absolute Gasteiger partial charge is 0.304 e. The number of hydrogen-bond acceptors (Lipinski definition) is 2. The number of carbonyl (C=O) groups excluding carboxylic acids is 1. The van der Waals surface area contributed by atoms with Crippen LogP contribution < -0.4 is 0 Å². The molecular weight excluding hydrogens is 382 g/mol. The summed E-state index contributed by atoms with van der Waals surface area (Å²) in [6, 6.07) is 10.6. The Morgan fingerprint density at radius 1 is 1.24 bits per heavy atom. The molecule has 5 heteroatoms. The quantitative estimate of drug-likeness (QED) is 0.636. The minimum absolute atomic E-state index is 0.0526. The first-order chi connectivity index (χ1) is 10.1. The van der Waals surface area contributed by atoms with Gasteiger partial charge in [0.05, 0.1) is 0 Å². The monoisotopic (exact) mass is 394 g/mol. The number of imidazole rings is 1. The highest BCUT2D eigenvalue weighted by Gasteiger charge is 2.09. The molecular formula is C16H12FIN2O. The highest BCUT2D eigenvalue weighted by atomic mass is 127. The highest BCUT2D eigenvalue weighted by molar-refractivity contribution is 14.1. The molecule has 0 saturated heterocycles. The summed E-state index contributed by atoms with van der Waals surface area (Å²) >= 11 is 1.93. The van der Waals surface area contributed by atoms with Gasteiger partial charge in [-0.15, -0.1) is 0 Å². The molecule has 0 fully saturated rings. The van der Waals surface area contributed by atoms with Gasteiger partial charge in [0, 0.05) is 34.5 Å². The van der Waals surface area contributed by atoms with Crippen LogP contribution in [0.15, 0.2) is 48.8 Å². The zero-order chi connectivity index (χ0) is 14.8. The van der Waals surface area contributed by atoms with Gasteiger partial charge in [0.1, 0.15) is 17.2 Å². The van der Waals surface area contributed by atoms with E-state index in [1.165, 1.54) is 6.07 Å². The van der Waals surface area contributed by atoms with Crippen molar-refractivity contribution < 1.29 is 9.18 Å². The molecule has 0 amide bonds. The lowest BCUT2D eigenvalue weighted by Gasteiger charge is -2.06. The SMILES string of the molecule is O=C(Cc1ccc(I)c(F)c1)Cc1cccc2nccn12. The zero-order valence-corrected chi connectivity index (χ0v) is 13.2. The summed E-state index contributed by atoms with van der Waals surface area (Å²) in [5.74, 6) is -0.227. The molecule has 0 saturated carbocycles. The van der Waals surface area contributed by atoms with Crippen LogP contribution in [0.25, 0.3) is 5.65 Å². The van der Waals surface area contributed by atoms with E-state index in [0.717, 1.165) is 11.3 Å². The van der Waals surface area contributed by atoms with Crippen LogP contribution in [0.5, 0.6) is 0 Å². The van der Waals surface area contributed by atoms with Crippen molar-refractivity contribution in [1.29, 1.82) is 0 Å². The molecule has 106 valence electrons. The summed E-state index contributed by atoms with van der Waals surface area (Å²) in [6.45, 7) is 0. The highest BCUT2D eigenvalue weighted by Crippen LogP contribution is 2.14. The molecule has 1 aromatic carbocycles. The average molecular weight is 394 g/mol. The second kappa shape index (κ2) is 5.93. The Balaban J connectivity index is 1.77. The van der Waals surface area contributed by atoms with Gasteiger partial charge >= 0.3 is 0 Å². The Morgan fingerprint density at radius 2 is 2.10 bits per heavy atom. The molecule has 0 N–H and O–H groups in total. The average Bonchev–Trinajstić information content (AvgIpc) is 2.92. The first-order valence-corrected chi connectivity index (χ1v) is 7.58. The van der Waals surface area contributed by atoms with Crippen LogP contribution in [0.2, 0.25) is 0 Å². The number of rotatable bonds is 4. The molecule has 0 aliphatic rings. The molecule has 2 heterocycles. The maximum atomic E-state index is 13.5. The predicted molar refractivity (Wildman–Crippen MR) is 86.7 cm³/mol. The Labute approximate surface area is 135 Å². The number of fused-ring (bicyclic) bond motifs is 1. The topological polar surface area (TPSA) is 34.4 Å². The van der Waals surface area contributed by atoms with Crippen molar-refractivity contribution in [3.8, 4) is 0 Å². The van der Waals surface area contributed by atoms with Gasteiger partial charge in [0.25, 0.3) is 0 Å². The normalized spacial score (nSPS) is 11.0. The predicted octanol–water partition coefficient (Wildman–Crippen LogP) is 3.43. The van der Waals surface area contributed by atoms with Gasteiger partial charge in [0.2, 0.25) is 0 Å². The fourth-order valence-electron chi connectivity index (χ4n) is 2.29. The van der Waals surface area contributed by atoms with Crippen molar-refractivity contribution in [2.75, 3.05) is 0 Å². The van der Waals surface area contributed by atoms with Gasteiger partial charge in [0.15, 0.2) is 0 Å². The number of halogens is 2. The van der Waals surface area contributed by atoms with Crippen molar-refractivity contribution in [3.05, 3.63) is 69.4 Å². The lowest BCUT2D eigenvalue weighted by molar-refractivity contribution is -0.117. The summed E-state index contributed by atoms with van der Waals surface area (Å²) in [5.41, 5.74) is 2.41. The minimum atomic E-state index is -0.280. The summed E-state index contributed by atoms with van der Waals surface area (Å²) < 4.78 is 15.9. The second-order valence-corrected chi connectivity index (χ2v) is 5.98. The van der Waals surface area contributed by atoms with Crippen molar-refractivity contribution in [2.45, 2.75) is 12.8 Å². The van der Waals surface area contributed by atoms with Crippen LogP contribution in [0, 0.1) is 9.39 Å². The summed E-state index contributed by atoms with van der Waals surface area (Å²) in [4.78, 5) is 16.4. The number of hydrogen-bond donors (Lipinski definition) is 0. The van der Waals surface area contributed by atoms with E-state index in [1.807, 2.05) is 51.4 Å². The smallest absolute Gasteiger partial charge is 0.143 e. The van der Waals surface area contributed by atoms with Crippen molar-refractivity contribution in [1.82, 2.24) is 9.38 Å². The number of carbonyl (C=O) groups is 1. The van der Waals surface area contributed by atoms with Crippen LogP contribution in [0.3, 0.4) is 0 Å². The van der Waals surface area contributed by atoms with Gasteiger partial charge in [-0.3, -0.25) is 4.79 Å². The van der Waals surface area contributed by atoms with E-state index in [-0.39, 0.29) is 18.0 Å². The number of benzene rings is 1. The van der Waals surface area contributed by atoms with Gasteiger partial charge in [-0.05, 0) is 52.4 Å². The van der Waals surface area contributed by atoms with Gasteiger partial charge in [-0.25, -0.2) is 9.37 Å². The maximum absolute atomic E-state index is 13.5. The molecule has 0 atom stereocenters. The van der Waals surface area contributed by atoms with Crippen molar-refractivity contribution in [2.24, 2.45) is 0 Å². The van der Waals surface area contributed by atoms with E-state index >= 15 is 0 Å². The lowest BCUT2D eigenvalue weighted by atomic mass is 10.1. The summed E-state index contributed by atoms with van der Waals surface area (Å²) in [7, 11) is 0. The van der Waals surface area contributed by atoms with Gasteiger partial charge in [-0.2, -0.15) is 0 Å². The Bertz CT molecular complexity index is 813. The van der Waals surface area contributed by atoms with Crippen LogP contribution in [0.4, 0.5) is 4.39 Å². The molecule has 0 radical (unpaired) electrons. The van der Waals surface area contributed by atoms with Crippen LogP contribution in [-0.4, -0.2) is 15.2 Å². The third-order valence-corrected chi connectivity index (χ3v) is 4.15. The third kappa shape index (κ3) is 3.12. The number of nitrogens with zero attached hydrogens (tertiary/aromatic N) is 2. The number of ketones is 1. The standard InChI is InChI=1S/C16H12FIN2O/c17-14-9-11(4-5-15(14)18)8-13(21)10-12-2-1-3-16-19-6-7-20(12)16/h1-7,9H,8,10H2. The van der Waals surface area contributed by atoms with Crippen LogP contribution in [0.1, 0.15) is 11.3 Å². The number of Topliss-reactive ketones (excluding diaryl/α,β-unsaturated/α-hetero) is 1. The van der Waals surface area contributed by atoms with E-state index in [1.54, 1.807) is 18.3 Å². The molecule has 0 bridgehead atoms. The molecule has 3 aromatic rings. The van der Waals surface area contributed by atoms with Crippen molar-refractivity contribution >= 4 is 34.0 Å². The molecule has 0 aliphatic carbocycles. The molecule has 2 aromatic heterocycles. The third-order valence-electron chi connectivity index (χ3n) is 3.28. The van der Waals surface area contributed by atoms with Crippen LogP contribution >= 0.6 is 22.6 Å². The van der Waals surface area contributed by atoms with Crippen molar-refractivity contribution in [3.63, 3.8) is 0 Å². The van der Waals surface area contributed by atoms with E-state index in [0.29, 0.717) is 15.6 Å². The molecule has 3 nitrogen and oxygen atoms in total. The van der Waals surface area contributed by atoms with Crippen LogP contribution in [-0.2, 0) is 17.6 Å². The molecule has 0 aliphatic heterocycles. The Kier molecular flexibility index (Phi) is 4.01. The van der Waals surface area contributed by atoms with Gasteiger partial charge in [-0.1, -0.05) is 12.1 Å². The van der Waals surface area contributed by atoms with Gasteiger partial charge < -0.3 is 4.40 Å². The first kappa shape index (κ1) is 14.2. The summed E-state index contributed by atoms with van der Waals surface area (Å²) in [6.07, 6.45) is 4.08. The molecule has 21 heavy (non-hydrogen) atoms. The van der Waals surface area contributed by atoms with E-state index < -0.39 is 0 Å². The zero-order valence-electron chi connectivity index (χ0n) is 11.1. The second-order valence-electron chi connectivity index (χ2n) is 4.81. The Morgan fingerprint density at radius 3 is 2.90 bits per heavy atom. The molecule has 3 rings (SSSR count). The minimum Gasteiger partial charge on any atom is -0.304 e. The van der Waals surface area contributed by atoms with E-state index in [4.69, 9.17) is 0 Å². The van der Waals surface area contributed by atoms with E-state index in [2.05, 4.69) is 4.98 Å². The first-order valence-electron chi connectivity index (χ1n) is 6.50. The number of pyridine rings is 1. The fourth-order valence-corrected chi connectivity index (χ4v) is 2.63. The lowest BCUT2D eigenvalue weighted by Crippen LogP contribution is -2.09. The molecule has 0 spiro atoms.